The van der Waals surface area contributed by atoms with E-state index in [1.54, 1.807) is 32.0 Å². The Kier molecular flexibility index (Phi) is 8.29. The van der Waals surface area contributed by atoms with E-state index in [9.17, 15) is 19.7 Å². The molecule has 0 saturated heterocycles. The van der Waals surface area contributed by atoms with Crippen molar-refractivity contribution in [2.45, 2.75) is 59.4 Å². The molecule has 0 saturated carbocycles. The number of aryl methyl sites for hydroxylation is 2. The van der Waals surface area contributed by atoms with E-state index < -0.39 is 10.9 Å². The molecular weight excluding hydrogens is 438 g/mol. The van der Waals surface area contributed by atoms with Gasteiger partial charge in [-0.15, -0.1) is 0 Å². The largest absolute Gasteiger partial charge is 0.466 e. The molecule has 3 rings (SSSR count). The summed E-state index contributed by atoms with van der Waals surface area (Å²) >= 11 is 0. The van der Waals surface area contributed by atoms with Gasteiger partial charge in [0, 0.05) is 25.0 Å². The molecule has 0 atom stereocenters. The maximum Gasteiger partial charge on any atom is 0.306 e. The van der Waals surface area contributed by atoms with Crippen LogP contribution in [0.15, 0.2) is 30.3 Å². The zero-order chi connectivity index (χ0) is 24.7. The Hall–Kier alpha value is -3.82. The molecule has 0 radical (unpaired) electrons. The molecule has 10 nitrogen and oxygen atoms in total. The quantitative estimate of drug-likeness (QED) is 0.252. The smallest absolute Gasteiger partial charge is 0.306 e. The SMILES string of the molecule is CCCCc1nc2cc(NC(=O)CCC(=O)OCC)c(C)nc2n1Cc1cccc([N+](=O)[O-])c1. The first-order valence-corrected chi connectivity index (χ1v) is 11.4. The van der Waals surface area contributed by atoms with Crippen LogP contribution in [0.5, 0.6) is 0 Å². The van der Waals surface area contributed by atoms with Crippen molar-refractivity contribution < 1.29 is 19.2 Å². The van der Waals surface area contributed by atoms with E-state index in [2.05, 4.69) is 12.2 Å². The standard InChI is InChI=1S/C24H29N5O5/c1-4-6-10-21-26-20-14-19(27-22(30)11-12-23(31)34-5-2)16(3)25-24(20)28(21)15-17-8-7-9-18(13-17)29(32)33/h7-9,13-14H,4-6,10-12,15H2,1-3H3,(H,27,30). The molecule has 0 aliphatic carbocycles. The third-order valence-electron chi connectivity index (χ3n) is 5.34. The number of hydrogen-bond donors (Lipinski definition) is 1. The lowest BCUT2D eigenvalue weighted by molar-refractivity contribution is -0.384. The lowest BCUT2D eigenvalue weighted by atomic mass is 10.2. The van der Waals surface area contributed by atoms with Gasteiger partial charge in [-0.05, 0) is 31.9 Å². The second kappa shape index (κ2) is 11.4. The van der Waals surface area contributed by atoms with Gasteiger partial charge in [0.1, 0.15) is 11.3 Å². The highest BCUT2D eigenvalue weighted by Gasteiger charge is 2.17. The summed E-state index contributed by atoms with van der Waals surface area (Å²) in [4.78, 5) is 44.1. The average Bonchev–Trinajstić information content (AvgIpc) is 3.12. The molecule has 0 unspecified atom stereocenters. The highest BCUT2D eigenvalue weighted by Crippen LogP contribution is 2.24. The van der Waals surface area contributed by atoms with Crippen LogP contribution in [0.25, 0.3) is 11.2 Å². The summed E-state index contributed by atoms with van der Waals surface area (Å²) in [6.45, 7) is 6.28. The van der Waals surface area contributed by atoms with E-state index in [0.29, 0.717) is 29.1 Å². The number of nitrogens with zero attached hydrogens (tertiary/aromatic N) is 4. The van der Waals surface area contributed by atoms with Gasteiger partial charge in [-0.25, -0.2) is 9.97 Å². The molecule has 0 spiro atoms. The second-order valence-corrected chi connectivity index (χ2v) is 7.96. The third-order valence-corrected chi connectivity index (χ3v) is 5.34. The summed E-state index contributed by atoms with van der Waals surface area (Å²) in [5.41, 5.74) is 3.24. The third kappa shape index (κ3) is 6.15. The molecule has 0 bridgehead atoms. The zero-order valence-corrected chi connectivity index (χ0v) is 19.7. The molecule has 0 aliphatic heterocycles. The molecule has 0 fully saturated rings. The average molecular weight is 468 g/mol. The number of carbonyl (C=O) groups excluding carboxylic acids is 2. The van der Waals surface area contributed by atoms with Crippen molar-refractivity contribution in [2.24, 2.45) is 0 Å². The number of fused-ring (bicyclic) bond motifs is 1. The molecule has 10 heteroatoms. The lowest BCUT2D eigenvalue weighted by Gasteiger charge is -2.11. The predicted octanol–water partition coefficient (Wildman–Crippen LogP) is 4.32. The highest BCUT2D eigenvalue weighted by molar-refractivity contribution is 5.94. The first-order chi connectivity index (χ1) is 16.3. The number of benzene rings is 1. The van der Waals surface area contributed by atoms with Gasteiger partial charge < -0.3 is 14.6 Å². The normalized spacial score (nSPS) is 10.9. The fourth-order valence-electron chi connectivity index (χ4n) is 3.62. The summed E-state index contributed by atoms with van der Waals surface area (Å²) in [7, 11) is 0. The lowest BCUT2D eigenvalue weighted by Crippen LogP contribution is -2.15. The van der Waals surface area contributed by atoms with Crippen LogP contribution in [0.2, 0.25) is 0 Å². The maximum absolute atomic E-state index is 12.3. The molecule has 34 heavy (non-hydrogen) atoms. The van der Waals surface area contributed by atoms with Crippen molar-refractivity contribution >= 4 is 34.4 Å². The summed E-state index contributed by atoms with van der Waals surface area (Å²) in [5.74, 6) is 0.115. The van der Waals surface area contributed by atoms with Crippen LogP contribution < -0.4 is 5.32 Å². The molecular formula is C24H29N5O5. The number of aromatic nitrogens is 3. The van der Waals surface area contributed by atoms with Crippen LogP contribution in [0, 0.1) is 17.0 Å². The van der Waals surface area contributed by atoms with Gasteiger partial charge in [-0.1, -0.05) is 25.5 Å². The minimum Gasteiger partial charge on any atom is -0.466 e. The number of anilines is 1. The Morgan fingerprint density at radius 3 is 2.68 bits per heavy atom. The summed E-state index contributed by atoms with van der Waals surface area (Å²) in [6.07, 6.45) is 2.69. The van der Waals surface area contributed by atoms with Crippen LogP contribution >= 0.6 is 0 Å². The number of non-ortho nitro benzene ring substituents is 1. The van der Waals surface area contributed by atoms with Gasteiger partial charge in [-0.3, -0.25) is 19.7 Å². The first kappa shape index (κ1) is 24.8. The van der Waals surface area contributed by atoms with Crippen LogP contribution in [0.3, 0.4) is 0 Å². The van der Waals surface area contributed by atoms with Crippen LogP contribution in [-0.4, -0.2) is 37.9 Å². The summed E-state index contributed by atoms with van der Waals surface area (Å²) in [5, 5.41) is 14.0. The van der Waals surface area contributed by atoms with Crippen molar-refractivity contribution in [1.29, 1.82) is 0 Å². The number of pyridine rings is 1. The predicted molar refractivity (Wildman–Crippen MR) is 128 cm³/mol. The molecule has 3 aromatic rings. The molecule has 2 aromatic heterocycles. The summed E-state index contributed by atoms with van der Waals surface area (Å²) < 4.78 is 6.84. The minimum atomic E-state index is -0.414. The molecule has 1 amide bonds. The fourth-order valence-corrected chi connectivity index (χ4v) is 3.62. The number of nitro benzene ring substituents is 1. The Morgan fingerprint density at radius 2 is 1.97 bits per heavy atom. The van der Waals surface area contributed by atoms with Crippen molar-refractivity contribution in [2.75, 3.05) is 11.9 Å². The van der Waals surface area contributed by atoms with Gasteiger partial charge >= 0.3 is 5.97 Å². The Bertz CT molecular complexity index is 1200. The van der Waals surface area contributed by atoms with Crippen LogP contribution in [0.4, 0.5) is 11.4 Å². The number of hydrogen-bond acceptors (Lipinski definition) is 7. The topological polar surface area (TPSA) is 129 Å². The Labute approximate surface area is 197 Å². The maximum atomic E-state index is 12.3. The summed E-state index contributed by atoms with van der Waals surface area (Å²) in [6, 6.07) is 8.31. The van der Waals surface area contributed by atoms with E-state index >= 15 is 0 Å². The number of unbranched alkanes of at least 4 members (excludes halogenated alkanes) is 1. The van der Waals surface area contributed by atoms with E-state index in [-0.39, 0.29) is 31.0 Å². The van der Waals surface area contributed by atoms with Crippen molar-refractivity contribution in [1.82, 2.24) is 14.5 Å². The molecule has 2 heterocycles. The molecule has 1 aromatic carbocycles. The van der Waals surface area contributed by atoms with Crippen LogP contribution in [0.1, 0.15) is 56.6 Å². The van der Waals surface area contributed by atoms with Crippen molar-refractivity contribution in [3.8, 4) is 0 Å². The molecule has 1 N–H and O–H groups in total. The number of esters is 1. The van der Waals surface area contributed by atoms with E-state index in [0.717, 1.165) is 30.7 Å². The number of ether oxygens (including phenoxy) is 1. The van der Waals surface area contributed by atoms with E-state index in [1.165, 1.54) is 6.07 Å². The number of rotatable bonds is 11. The number of imidazole rings is 1. The van der Waals surface area contributed by atoms with E-state index in [4.69, 9.17) is 14.7 Å². The zero-order valence-electron chi connectivity index (χ0n) is 19.7. The molecule has 180 valence electrons. The minimum absolute atomic E-state index is 0.00734. The van der Waals surface area contributed by atoms with Gasteiger partial charge in [0.2, 0.25) is 5.91 Å². The Balaban J connectivity index is 1.89. The number of amides is 1. The first-order valence-electron chi connectivity index (χ1n) is 11.4. The van der Waals surface area contributed by atoms with Gasteiger partial charge in [0.05, 0.1) is 35.9 Å². The number of nitro groups is 1. The van der Waals surface area contributed by atoms with Crippen LogP contribution in [-0.2, 0) is 27.3 Å². The Morgan fingerprint density at radius 1 is 1.18 bits per heavy atom. The second-order valence-electron chi connectivity index (χ2n) is 7.96. The van der Waals surface area contributed by atoms with Crippen molar-refractivity contribution in [3.05, 3.63) is 57.5 Å². The number of carbonyl (C=O) groups is 2. The van der Waals surface area contributed by atoms with Gasteiger partial charge in [0.15, 0.2) is 5.65 Å². The monoisotopic (exact) mass is 467 g/mol. The molecule has 0 aliphatic rings. The van der Waals surface area contributed by atoms with Crippen molar-refractivity contribution in [3.63, 3.8) is 0 Å². The number of nitrogens with one attached hydrogen (secondary N) is 1. The highest BCUT2D eigenvalue weighted by atomic mass is 16.6. The van der Waals surface area contributed by atoms with Gasteiger partial charge in [0.25, 0.3) is 5.69 Å². The fraction of sp³-hybridized carbons (Fsp3) is 0.417. The van der Waals surface area contributed by atoms with Gasteiger partial charge in [-0.2, -0.15) is 0 Å². The van der Waals surface area contributed by atoms with E-state index in [1.807, 2.05) is 10.6 Å².